The zero-order valence-electron chi connectivity index (χ0n) is 14.2. The van der Waals surface area contributed by atoms with E-state index in [1.54, 1.807) is 13.8 Å². The van der Waals surface area contributed by atoms with Crippen LogP contribution in [0.15, 0.2) is 30.3 Å². The van der Waals surface area contributed by atoms with Crippen molar-refractivity contribution in [2.45, 2.75) is 26.1 Å². The van der Waals surface area contributed by atoms with E-state index in [2.05, 4.69) is 0 Å². The van der Waals surface area contributed by atoms with Crippen molar-refractivity contribution in [3.63, 3.8) is 0 Å². The molecule has 0 fully saturated rings. The highest BCUT2D eigenvalue weighted by Gasteiger charge is 2.31. The third kappa shape index (κ3) is 5.06. The van der Waals surface area contributed by atoms with E-state index in [9.17, 15) is 23.1 Å². The van der Waals surface area contributed by atoms with Crippen molar-refractivity contribution in [2.24, 2.45) is 0 Å². The van der Waals surface area contributed by atoms with Crippen molar-refractivity contribution >= 4 is 29.2 Å². The van der Waals surface area contributed by atoms with Gasteiger partial charge in [-0.25, -0.2) is 4.79 Å². The lowest BCUT2D eigenvalue weighted by molar-refractivity contribution is -0.137. The molecule has 27 heavy (non-hydrogen) atoms. The number of benzene rings is 2. The summed E-state index contributed by atoms with van der Waals surface area (Å²) in [7, 11) is 0. The van der Waals surface area contributed by atoms with Crippen molar-refractivity contribution in [1.29, 1.82) is 0 Å². The molecule has 2 aromatic rings. The maximum Gasteiger partial charge on any atom is 0.416 e. The van der Waals surface area contributed by atoms with Gasteiger partial charge in [0.15, 0.2) is 0 Å². The number of aromatic carboxylic acids is 1. The molecule has 1 unspecified atom stereocenters. The average Bonchev–Trinajstić information content (AvgIpc) is 2.56. The number of hydrogen-bond donors (Lipinski definition) is 1. The first-order valence-electron chi connectivity index (χ1n) is 7.77. The Bertz CT molecular complexity index is 853. The Morgan fingerprint density at radius 2 is 1.89 bits per heavy atom. The largest absolute Gasteiger partial charge is 0.478 e. The Morgan fingerprint density at radius 3 is 2.41 bits per heavy atom. The minimum atomic E-state index is -4.54. The number of alkyl halides is 3. The zero-order valence-corrected chi connectivity index (χ0v) is 15.7. The van der Waals surface area contributed by atoms with E-state index in [-0.39, 0.29) is 27.1 Å². The van der Waals surface area contributed by atoms with Crippen LogP contribution in [-0.4, -0.2) is 17.7 Å². The van der Waals surface area contributed by atoms with Crippen LogP contribution < -0.4 is 4.74 Å². The van der Waals surface area contributed by atoms with E-state index in [0.29, 0.717) is 12.2 Å². The van der Waals surface area contributed by atoms with Gasteiger partial charge in [0.2, 0.25) is 0 Å². The Hall–Kier alpha value is -1.96. The highest BCUT2D eigenvalue weighted by molar-refractivity contribution is 6.34. The summed E-state index contributed by atoms with van der Waals surface area (Å²) in [6.45, 7) is 3.83. The molecule has 0 bridgehead atoms. The van der Waals surface area contributed by atoms with Gasteiger partial charge in [0.25, 0.3) is 0 Å². The Labute approximate surface area is 163 Å². The fourth-order valence-corrected chi connectivity index (χ4v) is 2.92. The Balaban J connectivity index is 2.45. The number of ether oxygens (including phenoxy) is 2. The molecule has 0 aliphatic heterocycles. The molecular weight excluding hydrogens is 408 g/mol. The molecule has 1 atom stereocenters. The van der Waals surface area contributed by atoms with E-state index in [0.717, 1.165) is 18.2 Å². The molecule has 9 heteroatoms. The molecule has 0 spiro atoms. The summed E-state index contributed by atoms with van der Waals surface area (Å²) in [4.78, 5) is 11.4. The SMILES string of the molecule is CCOC(C)c1cc(Oc2ccc(C(F)(F)F)cc2Cl)cc(C(=O)O)c1Cl. The van der Waals surface area contributed by atoms with Crippen LogP contribution in [0.4, 0.5) is 13.2 Å². The second kappa shape index (κ2) is 8.37. The molecular formula is C18H15Cl2F3O4. The standard InChI is InChI=1S/C18H15Cl2F3O4/c1-3-26-9(2)12-7-11(8-13(16(12)20)17(24)25)27-15-5-4-10(6-14(15)19)18(21,22)23/h4-9H,3H2,1-2H3,(H,24,25). The maximum atomic E-state index is 12.7. The van der Waals surface area contributed by atoms with E-state index < -0.39 is 23.8 Å². The van der Waals surface area contributed by atoms with E-state index in [1.165, 1.54) is 12.1 Å². The summed E-state index contributed by atoms with van der Waals surface area (Å²) in [5.74, 6) is -1.28. The molecule has 2 rings (SSSR count). The van der Waals surface area contributed by atoms with Crippen molar-refractivity contribution in [3.8, 4) is 11.5 Å². The number of carboxylic acids is 1. The van der Waals surface area contributed by atoms with Crippen molar-refractivity contribution in [2.75, 3.05) is 6.61 Å². The van der Waals surface area contributed by atoms with Gasteiger partial charge >= 0.3 is 12.1 Å². The van der Waals surface area contributed by atoms with Crippen LogP contribution in [-0.2, 0) is 10.9 Å². The van der Waals surface area contributed by atoms with Crippen molar-refractivity contribution < 1.29 is 32.5 Å². The first-order chi connectivity index (χ1) is 12.5. The lowest BCUT2D eigenvalue weighted by Crippen LogP contribution is -2.06. The molecule has 0 aliphatic rings. The highest BCUT2D eigenvalue weighted by atomic mass is 35.5. The summed E-state index contributed by atoms with van der Waals surface area (Å²) in [5.41, 5.74) is -0.775. The van der Waals surface area contributed by atoms with Crippen LogP contribution in [0.3, 0.4) is 0 Å². The first-order valence-corrected chi connectivity index (χ1v) is 8.53. The van der Waals surface area contributed by atoms with Gasteiger partial charge in [-0.2, -0.15) is 13.2 Å². The van der Waals surface area contributed by atoms with Gasteiger partial charge < -0.3 is 14.6 Å². The predicted octanol–water partition coefficient (Wildman–Crippen LogP) is 6.60. The smallest absolute Gasteiger partial charge is 0.416 e. The van der Waals surface area contributed by atoms with Crippen molar-refractivity contribution in [3.05, 3.63) is 57.1 Å². The van der Waals surface area contributed by atoms with Crippen molar-refractivity contribution in [1.82, 2.24) is 0 Å². The van der Waals surface area contributed by atoms with Gasteiger partial charge in [-0.3, -0.25) is 0 Å². The lowest BCUT2D eigenvalue weighted by atomic mass is 10.1. The molecule has 0 saturated carbocycles. The molecule has 1 N–H and O–H groups in total. The zero-order chi connectivity index (χ0) is 20.4. The van der Waals surface area contributed by atoms with Crippen LogP contribution in [0.1, 0.15) is 41.4 Å². The fourth-order valence-electron chi connectivity index (χ4n) is 2.36. The summed E-state index contributed by atoms with van der Waals surface area (Å²) in [6.07, 6.45) is -5.06. The minimum absolute atomic E-state index is 0.00526. The van der Waals surface area contributed by atoms with Gasteiger partial charge in [0, 0.05) is 12.2 Å². The Morgan fingerprint density at radius 1 is 1.22 bits per heavy atom. The molecule has 0 aliphatic carbocycles. The van der Waals surface area contributed by atoms with Crippen LogP contribution in [0.25, 0.3) is 0 Å². The predicted molar refractivity (Wildman–Crippen MR) is 95.0 cm³/mol. The normalized spacial score (nSPS) is 12.7. The van der Waals surface area contributed by atoms with Gasteiger partial charge in [0.1, 0.15) is 11.5 Å². The molecule has 0 radical (unpaired) electrons. The second-order valence-electron chi connectivity index (χ2n) is 5.52. The van der Waals surface area contributed by atoms with Gasteiger partial charge in [0.05, 0.1) is 27.3 Å². The third-order valence-electron chi connectivity index (χ3n) is 3.65. The molecule has 2 aromatic carbocycles. The van der Waals surface area contributed by atoms with Gasteiger partial charge in [-0.1, -0.05) is 23.2 Å². The molecule has 0 saturated heterocycles. The average molecular weight is 423 g/mol. The van der Waals surface area contributed by atoms with Crippen LogP contribution >= 0.6 is 23.2 Å². The summed E-state index contributed by atoms with van der Waals surface area (Å²) in [5, 5.41) is 9.07. The monoisotopic (exact) mass is 422 g/mol. The molecule has 0 amide bonds. The molecule has 146 valence electrons. The summed E-state index contributed by atoms with van der Waals surface area (Å²) < 4.78 is 49.2. The maximum absolute atomic E-state index is 12.7. The molecule has 0 heterocycles. The molecule has 0 aromatic heterocycles. The van der Waals surface area contributed by atoms with Crippen LogP contribution in [0.5, 0.6) is 11.5 Å². The first kappa shape index (κ1) is 21.3. The summed E-state index contributed by atoms with van der Waals surface area (Å²) in [6, 6.07) is 5.24. The van der Waals surface area contributed by atoms with Crippen LogP contribution in [0, 0.1) is 0 Å². The highest BCUT2D eigenvalue weighted by Crippen LogP contribution is 2.39. The quantitative estimate of drug-likeness (QED) is 0.569. The van der Waals surface area contributed by atoms with E-state index in [1.807, 2.05) is 0 Å². The number of carboxylic acid groups (broad SMARTS) is 1. The second-order valence-corrected chi connectivity index (χ2v) is 6.31. The summed E-state index contributed by atoms with van der Waals surface area (Å²) >= 11 is 12.0. The topological polar surface area (TPSA) is 55.8 Å². The minimum Gasteiger partial charge on any atom is -0.478 e. The van der Waals surface area contributed by atoms with Gasteiger partial charge in [-0.15, -0.1) is 0 Å². The number of hydrogen-bond acceptors (Lipinski definition) is 3. The number of rotatable bonds is 6. The fraction of sp³-hybridized carbons (Fsp3) is 0.278. The number of carbonyl (C=O) groups is 1. The Kier molecular flexibility index (Phi) is 6.62. The van der Waals surface area contributed by atoms with E-state index in [4.69, 9.17) is 32.7 Å². The van der Waals surface area contributed by atoms with Gasteiger partial charge in [-0.05, 0) is 44.2 Å². The third-order valence-corrected chi connectivity index (χ3v) is 4.36. The number of halogens is 5. The molecule has 4 nitrogen and oxygen atoms in total. The lowest BCUT2D eigenvalue weighted by Gasteiger charge is -2.17. The van der Waals surface area contributed by atoms with E-state index >= 15 is 0 Å². The van der Waals surface area contributed by atoms with Crippen LogP contribution in [0.2, 0.25) is 10.0 Å².